The number of carbonyl (C=O) groups excluding carboxylic acids is 1. The molecule has 160 valence electrons. The molecule has 5 heteroatoms. The summed E-state index contributed by atoms with van der Waals surface area (Å²) in [6.45, 7) is 6.09. The van der Waals surface area contributed by atoms with E-state index >= 15 is 0 Å². The van der Waals surface area contributed by atoms with Gasteiger partial charge in [-0.3, -0.25) is 4.79 Å². The molecule has 0 aliphatic heterocycles. The molecule has 0 saturated heterocycles. The third kappa shape index (κ3) is 5.19. The highest BCUT2D eigenvalue weighted by Crippen LogP contribution is 2.22. The van der Waals surface area contributed by atoms with Crippen LogP contribution in [-0.2, 0) is 0 Å². The average molecular weight is 423 g/mol. The van der Waals surface area contributed by atoms with Gasteiger partial charge in [0.15, 0.2) is 0 Å². The average Bonchev–Trinajstić information content (AvgIpc) is 2.80. The summed E-state index contributed by atoms with van der Waals surface area (Å²) in [5.41, 5.74) is 6.82. The zero-order chi connectivity index (χ0) is 22.5. The van der Waals surface area contributed by atoms with E-state index in [2.05, 4.69) is 51.8 Å². The fraction of sp³-hybridized carbons (Fsp3) is 0.148. The molecule has 32 heavy (non-hydrogen) atoms. The maximum atomic E-state index is 12.6. The first kappa shape index (κ1) is 21.2. The van der Waals surface area contributed by atoms with E-state index in [9.17, 15) is 4.79 Å². The monoisotopic (exact) mass is 422 g/mol. The van der Waals surface area contributed by atoms with Crippen LogP contribution in [0.3, 0.4) is 0 Å². The standard InChI is InChI=1S/C27H26N4O/c1-18-7-9-21(10-8-18)20(3)30-27(32)22-11-13-24(14-12-22)31-26-16-25(28-17-29-26)23-6-4-5-19(2)15-23/h4-17,20H,1-3H3,(H,30,32)(H,28,29,31)/t20-/m0/s1. The number of aryl methyl sites for hydroxylation is 2. The normalized spacial score (nSPS) is 11.6. The Bertz CT molecular complexity index is 1220. The minimum absolute atomic E-state index is 0.0676. The molecule has 0 aliphatic rings. The maximum Gasteiger partial charge on any atom is 0.251 e. The second kappa shape index (κ2) is 9.43. The van der Waals surface area contributed by atoms with Gasteiger partial charge in [-0.25, -0.2) is 9.97 Å². The first-order chi connectivity index (χ1) is 15.5. The molecule has 0 radical (unpaired) electrons. The third-order valence-electron chi connectivity index (χ3n) is 5.33. The predicted octanol–water partition coefficient (Wildman–Crippen LogP) is 6.00. The van der Waals surface area contributed by atoms with Crippen molar-refractivity contribution in [3.8, 4) is 11.3 Å². The zero-order valence-corrected chi connectivity index (χ0v) is 18.5. The molecule has 4 rings (SSSR count). The Labute approximate surface area is 188 Å². The van der Waals surface area contributed by atoms with E-state index in [1.807, 2.05) is 68.4 Å². The van der Waals surface area contributed by atoms with Crippen molar-refractivity contribution in [3.63, 3.8) is 0 Å². The number of nitrogens with zero attached hydrogens (tertiary/aromatic N) is 2. The van der Waals surface area contributed by atoms with Crippen LogP contribution in [-0.4, -0.2) is 15.9 Å². The number of nitrogens with one attached hydrogen (secondary N) is 2. The van der Waals surface area contributed by atoms with Crippen LogP contribution in [0.2, 0.25) is 0 Å². The second-order valence-electron chi connectivity index (χ2n) is 7.97. The fourth-order valence-electron chi connectivity index (χ4n) is 3.46. The highest BCUT2D eigenvalue weighted by Gasteiger charge is 2.11. The van der Waals surface area contributed by atoms with E-state index in [0.29, 0.717) is 11.4 Å². The van der Waals surface area contributed by atoms with Gasteiger partial charge in [-0.05, 0) is 56.7 Å². The SMILES string of the molecule is Cc1ccc([C@H](C)NC(=O)c2ccc(Nc3cc(-c4cccc(C)c4)ncn3)cc2)cc1. The number of hydrogen-bond acceptors (Lipinski definition) is 4. The van der Waals surface area contributed by atoms with Gasteiger partial charge < -0.3 is 10.6 Å². The molecule has 0 fully saturated rings. The Hall–Kier alpha value is -3.99. The minimum atomic E-state index is -0.103. The Morgan fingerprint density at radius 2 is 1.59 bits per heavy atom. The van der Waals surface area contributed by atoms with Gasteiger partial charge in [-0.15, -0.1) is 0 Å². The topological polar surface area (TPSA) is 66.9 Å². The quantitative estimate of drug-likeness (QED) is 0.400. The van der Waals surface area contributed by atoms with Crippen LogP contribution in [0, 0.1) is 13.8 Å². The molecule has 1 aromatic heterocycles. The Kier molecular flexibility index (Phi) is 6.26. The summed E-state index contributed by atoms with van der Waals surface area (Å²) in [6, 6.07) is 25.6. The first-order valence-corrected chi connectivity index (χ1v) is 10.6. The summed E-state index contributed by atoms with van der Waals surface area (Å²) in [5.74, 6) is 0.593. The fourth-order valence-corrected chi connectivity index (χ4v) is 3.46. The summed E-state index contributed by atoms with van der Waals surface area (Å²) < 4.78 is 0. The van der Waals surface area contributed by atoms with Gasteiger partial charge in [0.1, 0.15) is 12.1 Å². The van der Waals surface area contributed by atoms with E-state index in [1.165, 1.54) is 11.1 Å². The molecule has 1 atom stereocenters. The van der Waals surface area contributed by atoms with Crippen LogP contribution >= 0.6 is 0 Å². The van der Waals surface area contributed by atoms with E-state index in [1.54, 1.807) is 6.33 Å². The van der Waals surface area contributed by atoms with E-state index in [4.69, 9.17) is 0 Å². The highest BCUT2D eigenvalue weighted by atomic mass is 16.1. The van der Waals surface area contributed by atoms with Gasteiger partial charge in [0.05, 0.1) is 11.7 Å². The number of amides is 1. The lowest BCUT2D eigenvalue weighted by molar-refractivity contribution is 0.0940. The minimum Gasteiger partial charge on any atom is -0.346 e. The molecule has 3 aromatic carbocycles. The second-order valence-corrected chi connectivity index (χ2v) is 7.97. The lowest BCUT2D eigenvalue weighted by atomic mass is 10.1. The van der Waals surface area contributed by atoms with Gasteiger partial charge in [0, 0.05) is 22.9 Å². The molecule has 0 bridgehead atoms. The lowest BCUT2D eigenvalue weighted by Gasteiger charge is -2.15. The van der Waals surface area contributed by atoms with Crippen molar-refractivity contribution in [2.24, 2.45) is 0 Å². The van der Waals surface area contributed by atoms with Gasteiger partial charge in [-0.1, -0.05) is 53.6 Å². The molecule has 2 N–H and O–H groups in total. The first-order valence-electron chi connectivity index (χ1n) is 10.6. The molecule has 0 unspecified atom stereocenters. The molecule has 0 saturated carbocycles. The summed E-state index contributed by atoms with van der Waals surface area (Å²) >= 11 is 0. The van der Waals surface area contributed by atoms with Crippen LogP contribution in [0.15, 0.2) is 85.2 Å². The van der Waals surface area contributed by atoms with Crippen molar-refractivity contribution in [2.75, 3.05) is 5.32 Å². The number of benzene rings is 3. The van der Waals surface area contributed by atoms with Gasteiger partial charge >= 0.3 is 0 Å². The Balaban J connectivity index is 1.42. The van der Waals surface area contributed by atoms with Crippen molar-refractivity contribution >= 4 is 17.4 Å². The highest BCUT2D eigenvalue weighted by molar-refractivity contribution is 5.94. The zero-order valence-electron chi connectivity index (χ0n) is 18.5. The van der Waals surface area contributed by atoms with Crippen molar-refractivity contribution in [1.29, 1.82) is 0 Å². The molecule has 1 heterocycles. The van der Waals surface area contributed by atoms with Gasteiger partial charge in [-0.2, -0.15) is 0 Å². The summed E-state index contributed by atoms with van der Waals surface area (Å²) in [7, 11) is 0. The number of aromatic nitrogens is 2. The Morgan fingerprint density at radius 1 is 0.844 bits per heavy atom. The molecule has 5 nitrogen and oxygen atoms in total. The number of anilines is 2. The van der Waals surface area contributed by atoms with Crippen LogP contribution < -0.4 is 10.6 Å². The third-order valence-corrected chi connectivity index (χ3v) is 5.33. The van der Waals surface area contributed by atoms with Crippen LogP contribution in [0.5, 0.6) is 0 Å². The van der Waals surface area contributed by atoms with Crippen LogP contribution in [0.25, 0.3) is 11.3 Å². The number of hydrogen-bond donors (Lipinski definition) is 2. The lowest BCUT2D eigenvalue weighted by Crippen LogP contribution is -2.26. The molecule has 1 amide bonds. The van der Waals surface area contributed by atoms with Crippen molar-refractivity contribution in [3.05, 3.63) is 107 Å². The summed E-state index contributed by atoms with van der Waals surface area (Å²) in [6.07, 6.45) is 1.55. The molecule has 0 aliphatic carbocycles. The van der Waals surface area contributed by atoms with E-state index in [-0.39, 0.29) is 11.9 Å². The van der Waals surface area contributed by atoms with Crippen LogP contribution in [0.4, 0.5) is 11.5 Å². The molecule has 4 aromatic rings. The summed E-state index contributed by atoms with van der Waals surface area (Å²) in [5, 5.41) is 6.34. The van der Waals surface area contributed by atoms with E-state index in [0.717, 1.165) is 22.5 Å². The largest absolute Gasteiger partial charge is 0.346 e. The molecule has 0 spiro atoms. The number of rotatable bonds is 6. The molecular weight excluding hydrogens is 396 g/mol. The predicted molar refractivity (Wildman–Crippen MR) is 129 cm³/mol. The van der Waals surface area contributed by atoms with Crippen molar-refractivity contribution in [2.45, 2.75) is 26.8 Å². The van der Waals surface area contributed by atoms with Gasteiger partial charge in [0.2, 0.25) is 0 Å². The van der Waals surface area contributed by atoms with Crippen molar-refractivity contribution < 1.29 is 4.79 Å². The van der Waals surface area contributed by atoms with Crippen molar-refractivity contribution in [1.82, 2.24) is 15.3 Å². The molecular formula is C27H26N4O. The van der Waals surface area contributed by atoms with Gasteiger partial charge in [0.25, 0.3) is 5.91 Å². The van der Waals surface area contributed by atoms with Crippen LogP contribution in [0.1, 0.15) is 40.0 Å². The van der Waals surface area contributed by atoms with E-state index < -0.39 is 0 Å². The number of carbonyl (C=O) groups is 1. The summed E-state index contributed by atoms with van der Waals surface area (Å²) in [4.78, 5) is 21.3. The smallest absolute Gasteiger partial charge is 0.251 e. The maximum absolute atomic E-state index is 12.6. The Morgan fingerprint density at radius 3 is 2.31 bits per heavy atom.